The number of hydrogen-bond acceptors (Lipinski definition) is 6. The molecule has 0 heterocycles. The van der Waals surface area contributed by atoms with Crippen LogP contribution in [0.1, 0.15) is 66.2 Å². The summed E-state index contributed by atoms with van der Waals surface area (Å²) in [5.74, 6) is -2.26. The van der Waals surface area contributed by atoms with Gasteiger partial charge in [-0.25, -0.2) is 0 Å². The fourth-order valence-electron chi connectivity index (χ4n) is 3.83. The summed E-state index contributed by atoms with van der Waals surface area (Å²) in [6.45, 7) is 7.10. The molecule has 0 aromatic rings. The van der Waals surface area contributed by atoms with E-state index in [1.54, 1.807) is 13.8 Å². The Labute approximate surface area is 206 Å². The molecular weight excluding hydrogens is 448 g/mol. The molecule has 0 fully saturated rings. The van der Waals surface area contributed by atoms with Crippen LogP contribution in [0.5, 0.6) is 0 Å². The first-order chi connectivity index (χ1) is 16.3. The number of hydrogen-bond donors (Lipinski definition) is 2. The van der Waals surface area contributed by atoms with Gasteiger partial charge in [-0.2, -0.15) is 0 Å². The summed E-state index contributed by atoms with van der Waals surface area (Å²) < 4.78 is 0. The molecule has 0 aliphatic heterocycles. The number of carboxylic acid groups (broad SMARTS) is 1. The molecule has 0 saturated heterocycles. The first kappa shape index (κ1) is 28.1. The molecule has 0 aromatic heterocycles. The van der Waals surface area contributed by atoms with E-state index in [1.165, 1.54) is 36.5 Å². The smallest absolute Gasteiger partial charge is 0.309 e. The Balaban J connectivity index is 2.05. The van der Waals surface area contributed by atoms with Crippen LogP contribution in [-0.4, -0.2) is 45.9 Å². The molecule has 2 rings (SSSR count). The van der Waals surface area contributed by atoms with E-state index in [9.17, 15) is 34.2 Å². The number of Topliss-reactive ketones (excluding diaryl/α,β-unsaturated/α-hetero) is 2. The SMILES string of the molecule is CC(C)(CO)CCCC1=CC(=O)C=C(C=CC2=CC(=O)C=C(CCCC(C)(C)C(=O)O)C2=O)C1=O. The van der Waals surface area contributed by atoms with Crippen molar-refractivity contribution in [2.24, 2.45) is 10.8 Å². The number of carbonyl (C=O) groups is 5. The van der Waals surface area contributed by atoms with Gasteiger partial charge in [0.1, 0.15) is 0 Å². The molecule has 35 heavy (non-hydrogen) atoms. The minimum absolute atomic E-state index is 0.0302. The molecule has 7 heteroatoms. The number of ketones is 4. The number of allylic oxidation sites excluding steroid dienone is 10. The summed E-state index contributed by atoms with van der Waals surface area (Å²) in [5, 5.41) is 18.6. The van der Waals surface area contributed by atoms with Gasteiger partial charge in [0.15, 0.2) is 23.1 Å². The van der Waals surface area contributed by atoms with Crippen molar-refractivity contribution in [1.82, 2.24) is 0 Å². The summed E-state index contributed by atoms with van der Waals surface area (Å²) in [6.07, 6.45) is 10.5. The predicted octanol–water partition coefficient (Wildman–Crippen LogP) is 4.02. The second-order valence-corrected chi connectivity index (χ2v) is 10.6. The lowest BCUT2D eigenvalue weighted by molar-refractivity contribution is -0.147. The minimum Gasteiger partial charge on any atom is -0.481 e. The van der Waals surface area contributed by atoms with Crippen LogP contribution in [0.2, 0.25) is 0 Å². The number of carbonyl (C=O) groups excluding carboxylic acids is 4. The maximum atomic E-state index is 12.8. The van der Waals surface area contributed by atoms with E-state index in [2.05, 4.69) is 0 Å². The van der Waals surface area contributed by atoms with Gasteiger partial charge in [-0.05, 0) is 82.1 Å². The molecule has 188 valence electrons. The Morgan fingerprint density at radius 3 is 1.60 bits per heavy atom. The summed E-state index contributed by atoms with van der Waals surface area (Å²) in [7, 11) is 0. The van der Waals surface area contributed by atoms with E-state index in [4.69, 9.17) is 0 Å². The Kier molecular flexibility index (Phi) is 9.21. The van der Waals surface area contributed by atoms with Crippen molar-refractivity contribution < 1.29 is 34.2 Å². The molecule has 0 unspecified atom stereocenters. The van der Waals surface area contributed by atoms with Gasteiger partial charge in [0.05, 0.1) is 5.41 Å². The van der Waals surface area contributed by atoms with Crippen LogP contribution >= 0.6 is 0 Å². The summed E-state index contributed by atoms with van der Waals surface area (Å²) >= 11 is 0. The van der Waals surface area contributed by atoms with Crippen molar-refractivity contribution in [3.8, 4) is 0 Å². The van der Waals surface area contributed by atoms with Gasteiger partial charge in [-0.1, -0.05) is 26.0 Å². The fraction of sp³-hybridized carbons (Fsp3) is 0.464. The number of aliphatic carboxylic acids is 1. The standard InChI is InChI=1S/C28H34O7/c1-27(2,17-29)11-5-7-18-13-22(30)15-20(24(18)32)9-10-21-16-23(31)14-19(25(21)33)8-6-12-28(3,4)26(34)35/h9-10,13-16,29H,5-8,11-12,17H2,1-4H3,(H,34,35). The second kappa shape index (κ2) is 11.5. The molecule has 0 bridgehead atoms. The van der Waals surface area contributed by atoms with Gasteiger partial charge >= 0.3 is 5.97 Å². The average Bonchev–Trinajstić information content (AvgIpc) is 2.77. The molecule has 2 aliphatic carbocycles. The monoisotopic (exact) mass is 482 g/mol. The van der Waals surface area contributed by atoms with Crippen molar-refractivity contribution in [2.45, 2.75) is 66.2 Å². The van der Waals surface area contributed by atoms with Crippen LogP contribution in [0.15, 0.2) is 58.7 Å². The van der Waals surface area contributed by atoms with Crippen LogP contribution in [0.4, 0.5) is 0 Å². The van der Waals surface area contributed by atoms with E-state index < -0.39 is 11.4 Å². The molecule has 0 spiro atoms. The molecule has 7 nitrogen and oxygen atoms in total. The van der Waals surface area contributed by atoms with Crippen LogP contribution in [0, 0.1) is 10.8 Å². The topological polar surface area (TPSA) is 126 Å². The lowest BCUT2D eigenvalue weighted by Crippen LogP contribution is -2.23. The molecular formula is C28H34O7. The van der Waals surface area contributed by atoms with Crippen molar-refractivity contribution >= 4 is 29.1 Å². The molecule has 0 aromatic carbocycles. The van der Waals surface area contributed by atoms with Crippen LogP contribution < -0.4 is 0 Å². The van der Waals surface area contributed by atoms with Crippen LogP contribution in [0.25, 0.3) is 0 Å². The highest BCUT2D eigenvalue weighted by atomic mass is 16.4. The zero-order valence-corrected chi connectivity index (χ0v) is 20.8. The average molecular weight is 483 g/mol. The maximum absolute atomic E-state index is 12.8. The summed E-state index contributed by atoms with van der Waals surface area (Å²) in [4.78, 5) is 61.3. The summed E-state index contributed by atoms with van der Waals surface area (Å²) in [6, 6.07) is 0. The largest absolute Gasteiger partial charge is 0.481 e. The van der Waals surface area contributed by atoms with Crippen LogP contribution in [0.3, 0.4) is 0 Å². The minimum atomic E-state index is -0.930. The quantitative estimate of drug-likeness (QED) is 0.402. The van der Waals surface area contributed by atoms with E-state index in [-0.39, 0.29) is 52.7 Å². The third-order valence-electron chi connectivity index (χ3n) is 6.33. The Hall–Kier alpha value is -3.19. The molecule has 0 amide bonds. The lowest BCUT2D eigenvalue weighted by atomic mass is 9.84. The highest BCUT2D eigenvalue weighted by Gasteiger charge is 2.28. The Morgan fingerprint density at radius 1 is 0.771 bits per heavy atom. The third-order valence-corrected chi connectivity index (χ3v) is 6.33. The van der Waals surface area contributed by atoms with Gasteiger partial charge < -0.3 is 10.2 Å². The first-order valence-electron chi connectivity index (χ1n) is 11.8. The van der Waals surface area contributed by atoms with E-state index in [1.807, 2.05) is 13.8 Å². The Bertz CT molecular complexity index is 1070. The molecule has 0 atom stereocenters. The van der Waals surface area contributed by atoms with Crippen molar-refractivity contribution in [2.75, 3.05) is 6.61 Å². The molecule has 0 radical (unpaired) electrons. The van der Waals surface area contributed by atoms with Gasteiger partial charge in [0.2, 0.25) is 0 Å². The number of carboxylic acids is 1. The fourth-order valence-corrected chi connectivity index (χ4v) is 3.83. The molecule has 2 aliphatic rings. The van der Waals surface area contributed by atoms with Crippen molar-refractivity contribution in [3.63, 3.8) is 0 Å². The second-order valence-electron chi connectivity index (χ2n) is 10.6. The summed E-state index contributed by atoms with van der Waals surface area (Å²) in [5.41, 5.74) is -0.255. The predicted molar refractivity (Wildman–Crippen MR) is 131 cm³/mol. The first-order valence-corrected chi connectivity index (χ1v) is 11.8. The van der Waals surface area contributed by atoms with Gasteiger partial charge in [0, 0.05) is 28.9 Å². The van der Waals surface area contributed by atoms with E-state index in [0.717, 1.165) is 0 Å². The van der Waals surface area contributed by atoms with Gasteiger partial charge in [-0.3, -0.25) is 24.0 Å². The highest BCUT2D eigenvalue weighted by molar-refractivity contribution is 6.23. The number of aliphatic hydroxyl groups excluding tert-OH is 1. The number of aliphatic hydroxyl groups is 1. The zero-order chi connectivity index (χ0) is 26.4. The van der Waals surface area contributed by atoms with Crippen molar-refractivity contribution in [1.29, 1.82) is 0 Å². The van der Waals surface area contributed by atoms with Crippen LogP contribution in [-0.2, 0) is 24.0 Å². The normalized spacial score (nSPS) is 17.4. The van der Waals surface area contributed by atoms with Crippen molar-refractivity contribution in [3.05, 3.63) is 58.7 Å². The third kappa shape index (κ3) is 7.92. The van der Waals surface area contributed by atoms with E-state index >= 15 is 0 Å². The van der Waals surface area contributed by atoms with Gasteiger partial charge in [0.25, 0.3) is 0 Å². The number of rotatable bonds is 12. The highest BCUT2D eigenvalue weighted by Crippen LogP contribution is 2.28. The maximum Gasteiger partial charge on any atom is 0.309 e. The van der Waals surface area contributed by atoms with Gasteiger partial charge in [-0.15, -0.1) is 0 Å². The lowest BCUT2D eigenvalue weighted by Gasteiger charge is -2.21. The Morgan fingerprint density at radius 2 is 1.20 bits per heavy atom. The molecule has 0 saturated carbocycles. The van der Waals surface area contributed by atoms with E-state index in [0.29, 0.717) is 43.3 Å². The molecule has 2 N–H and O–H groups in total. The zero-order valence-electron chi connectivity index (χ0n) is 20.8.